The zero-order chi connectivity index (χ0) is 23.4. The summed E-state index contributed by atoms with van der Waals surface area (Å²) in [5.74, 6) is 8.14. The number of nitrogens with one attached hydrogen (secondary N) is 1. The first-order valence-electron chi connectivity index (χ1n) is 12.4. The summed E-state index contributed by atoms with van der Waals surface area (Å²) in [6, 6.07) is 12.7. The van der Waals surface area contributed by atoms with Crippen molar-refractivity contribution in [3.05, 3.63) is 58.0 Å². The lowest BCUT2D eigenvalue weighted by molar-refractivity contribution is -0.115. The van der Waals surface area contributed by atoms with Crippen molar-refractivity contribution in [1.82, 2.24) is 5.32 Å². The van der Waals surface area contributed by atoms with Crippen molar-refractivity contribution in [2.24, 2.45) is 28.7 Å². The van der Waals surface area contributed by atoms with Gasteiger partial charge in [-0.2, -0.15) is 5.10 Å². The summed E-state index contributed by atoms with van der Waals surface area (Å²) in [5, 5.41) is 18.0. The van der Waals surface area contributed by atoms with Crippen LogP contribution in [-0.2, 0) is 16.6 Å². The molecule has 4 aliphatic carbocycles. The van der Waals surface area contributed by atoms with Gasteiger partial charge >= 0.3 is 0 Å². The number of phenols is 1. The van der Waals surface area contributed by atoms with Crippen LogP contribution in [0.2, 0.25) is 0 Å². The molecule has 4 bridgehead atoms. The number of benzene rings is 2. The Morgan fingerprint density at radius 2 is 1.82 bits per heavy atom. The van der Waals surface area contributed by atoms with Gasteiger partial charge in [0.1, 0.15) is 5.75 Å². The van der Waals surface area contributed by atoms with Crippen LogP contribution in [0.5, 0.6) is 5.75 Å². The van der Waals surface area contributed by atoms with E-state index in [-0.39, 0.29) is 11.3 Å². The number of amides is 1. The van der Waals surface area contributed by atoms with E-state index in [2.05, 4.69) is 41.6 Å². The number of hydrogen-bond donors (Lipinski definition) is 3. The Balaban J connectivity index is 1.40. The summed E-state index contributed by atoms with van der Waals surface area (Å²) < 4.78 is 0. The molecule has 0 radical (unpaired) electrons. The first-order valence-corrected chi connectivity index (χ1v) is 13.2. The van der Waals surface area contributed by atoms with E-state index in [1.807, 2.05) is 18.2 Å². The zero-order valence-electron chi connectivity index (χ0n) is 19.5. The molecule has 0 unspecified atom stereocenters. The van der Waals surface area contributed by atoms with Gasteiger partial charge in [-0.15, -0.1) is 0 Å². The fourth-order valence-corrected chi connectivity index (χ4v) is 8.17. The summed E-state index contributed by atoms with van der Waals surface area (Å²) in [6.45, 7) is 2.12. The quantitative estimate of drug-likeness (QED) is 0.310. The van der Waals surface area contributed by atoms with Gasteiger partial charge in [0.25, 0.3) is 5.91 Å². The van der Waals surface area contributed by atoms with Crippen LogP contribution in [0.25, 0.3) is 17.2 Å². The van der Waals surface area contributed by atoms with Gasteiger partial charge in [0.05, 0.1) is 4.91 Å². The smallest absolute Gasteiger partial charge is 0.264 e. The topological polar surface area (TPSA) is 87.7 Å². The van der Waals surface area contributed by atoms with Gasteiger partial charge < -0.3 is 10.9 Å². The predicted molar refractivity (Wildman–Crippen MR) is 138 cm³/mol. The van der Waals surface area contributed by atoms with Gasteiger partial charge in [-0.1, -0.05) is 25.1 Å². The number of hydrazone groups is 1. The molecule has 4 N–H and O–H groups in total. The van der Waals surface area contributed by atoms with Crippen LogP contribution >= 0.6 is 11.8 Å². The molecule has 6 heteroatoms. The summed E-state index contributed by atoms with van der Waals surface area (Å²) in [6.07, 6.45) is 10.5. The van der Waals surface area contributed by atoms with Crippen LogP contribution in [0.15, 0.2) is 46.4 Å². The van der Waals surface area contributed by atoms with Crippen molar-refractivity contribution < 1.29 is 9.90 Å². The maximum absolute atomic E-state index is 12.2. The number of aromatic hydroxyl groups is 1. The average molecular weight is 474 g/mol. The average Bonchev–Trinajstić information content (AvgIpc) is 3.17. The molecule has 0 spiro atoms. The molecule has 4 saturated carbocycles. The molecule has 1 aliphatic heterocycles. The van der Waals surface area contributed by atoms with E-state index in [4.69, 9.17) is 5.84 Å². The summed E-state index contributed by atoms with van der Waals surface area (Å²) >= 11 is 1.25. The second-order valence-electron chi connectivity index (χ2n) is 10.7. The fourth-order valence-electron chi connectivity index (χ4n) is 7.42. The molecule has 176 valence electrons. The summed E-state index contributed by atoms with van der Waals surface area (Å²) in [5.41, 5.74) is 5.55. The molecule has 5 fully saturated rings. The van der Waals surface area contributed by atoms with Gasteiger partial charge in [0, 0.05) is 5.56 Å². The van der Waals surface area contributed by atoms with Crippen LogP contribution < -0.4 is 11.2 Å². The highest BCUT2D eigenvalue weighted by atomic mass is 32.2. The van der Waals surface area contributed by atoms with E-state index in [0.29, 0.717) is 15.8 Å². The fraction of sp³-hybridized carbons (Fsp3) is 0.429. The standard InChI is InChI=1S/C28H31N3O2S/c1-2-20-11-22(21-5-3-4-16(9-21)10-24-26(33)30-27(31-29)34-24)12-23(25(20)32)28-13-17-6-18(14-28)8-19(7-17)15-28/h3-5,9-12,17-19,32H,2,6-8,13-15,29H2,1H3,(H,30,31,33)/b24-10-. The Bertz CT molecular complexity index is 1200. The molecule has 5 aliphatic rings. The Labute approximate surface area is 204 Å². The van der Waals surface area contributed by atoms with Crippen molar-refractivity contribution in [3.8, 4) is 16.9 Å². The molecule has 1 heterocycles. The highest BCUT2D eigenvalue weighted by molar-refractivity contribution is 8.18. The molecule has 0 atom stereocenters. The van der Waals surface area contributed by atoms with Crippen LogP contribution in [0.3, 0.4) is 0 Å². The van der Waals surface area contributed by atoms with E-state index < -0.39 is 0 Å². The first-order chi connectivity index (χ1) is 16.5. The molecule has 5 nitrogen and oxygen atoms in total. The number of carbonyl (C=O) groups is 1. The van der Waals surface area contributed by atoms with Crippen LogP contribution in [0.1, 0.15) is 62.1 Å². The minimum Gasteiger partial charge on any atom is -0.507 e. The summed E-state index contributed by atoms with van der Waals surface area (Å²) in [7, 11) is 0. The zero-order valence-corrected chi connectivity index (χ0v) is 20.3. The molecule has 7 rings (SSSR count). The number of aryl methyl sites for hydroxylation is 1. The molecule has 2 aromatic carbocycles. The largest absolute Gasteiger partial charge is 0.507 e. The van der Waals surface area contributed by atoms with Gasteiger partial charge in [-0.25, -0.2) is 0 Å². The third-order valence-electron chi connectivity index (χ3n) is 8.47. The van der Waals surface area contributed by atoms with E-state index in [1.165, 1.54) is 55.9 Å². The highest BCUT2D eigenvalue weighted by Crippen LogP contribution is 2.62. The van der Waals surface area contributed by atoms with Crippen molar-refractivity contribution in [2.45, 2.75) is 57.3 Å². The Hall–Kier alpha value is -2.73. The number of amidine groups is 1. The molecule has 0 aromatic heterocycles. The molecule has 1 amide bonds. The Morgan fingerprint density at radius 3 is 2.44 bits per heavy atom. The predicted octanol–water partition coefficient (Wildman–Crippen LogP) is 5.52. The Kier molecular flexibility index (Phi) is 5.25. The van der Waals surface area contributed by atoms with Gasteiger partial charge in [-0.3, -0.25) is 10.1 Å². The SMILES string of the molecule is CCc1cc(-c2cccc(/C=C3\S/C(=N/N)NC3=O)c2)cc(C23CC4CC(CC(C4)C2)C3)c1O. The lowest BCUT2D eigenvalue weighted by Crippen LogP contribution is -2.48. The summed E-state index contributed by atoms with van der Waals surface area (Å²) in [4.78, 5) is 12.8. The van der Waals surface area contributed by atoms with E-state index in [1.54, 1.807) is 0 Å². The molecular weight excluding hydrogens is 442 g/mol. The molecule has 1 saturated heterocycles. The molecule has 34 heavy (non-hydrogen) atoms. The maximum atomic E-state index is 12.2. The van der Waals surface area contributed by atoms with Crippen molar-refractivity contribution in [2.75, 3.05) is 0 Å². The highest BCUT2D eigenvalue weighted by Gasteiger charge is 2.52. The second kappa shape index (κ2) is 8.19. The van der Waals surface area contributed by atoms with E-state index in [0.717, 1.165) is 46.4 Å². The number of thioether (sulfide) groups is 1. The number of carbonyl (C=O) groups excluding carboxylic acids is 1. The van der Waals surface area contributed by atoms with Gasteiger partial charge in [0.2, 0.25) is 0 Å². The van der Waals surface area contributed by atoms with E-state index in [9.17, 15) is 9.90 Å². The van der Waals surface area contributed by atoms with Crippen LogP contribution in [0, 0.1) is 17.8 Å². The lowest BCUT2D eigenvalue weighted by atomic mass is 9.48. The van der Waals surface area contributed by atoms with Gasteiger partial charge in [0.15, 0.2) is 5.17 Å². The van der Waals surface area contributed by atoms with Crippen molar-refractivity contribution >= 4 is 28.9 Å². The van der Waals surface area contributed by atoms with Crippen molar-refractivity contribution in [3.63, 3.8) is 0 Å². The maximum Gasteiger partial charge on any atom is 0.264 e. The van der Waals surface area contributed by atoms with Crippen molar-refractivity contribution in [1.29, 1.82) is 0 Å². The van der Waals surface area contributed by atoms with Gasteiger partial charge in [-0.05, 0) is 126 Å². The monoisotopic (exact) mass is 473 g/mol. The molecule has 2 aromatic rings. The number of nitrogens with zero attached hydrogens (tertiary/aromatic N) is 1. The minimum atomic E-state index is -0.179. The van der Waals surface area contributed by atoms with Crippen LogP contribution in [0.4, 0.5) is 0 Å². The Morgan fingerprint density at radius 1 is 1.12 bits per heavy atom. The first kappa shape index (κ1) is 21.8. The third kappa shape index (κ3) is 3.63. The number of hydrogen-bond acceptors (Lipinski definition) is 5. The number of nitrogens with two attached hydrogens (primary N) is 1. The normalized spacial score (nSPS) is 32.0. The second-order valence-corrected chi connectivity index (χ2v) is 11.7. The van der Waals surface area contributed by atoms with Crippen LogP contribution in [-0.4, -0.2) is 16.2 Å². The number of rotatable bonds is 4. The molecular formula is C28H31N3O2S. The minimum absolute atomic E-state index is 0.134. The van der Waals surface area contributed by atoms with E-state index >= 15 is 0 Å². The number of phenolic OH excluding ortho intramolecular Hbond substituents is 1. The lowest BCUT2D eigenvalue weighted by Gasteiger charge is -2.57. The third-order valence-corrected chi connectivity index (χ3v) is 9.39.